The van der Waals surface area contributed by atoms with Crippen LogP contribution < -0.4 is 9.47 Å². The Bertz CT molecular complexity index is 734. The van der Waals surface area contributed by atoms with Crippen molar-refractivity contribution in [3.8, 4) is 0 Å². The van der Waals surface area contributed by atoms with Gasteiger partial charge < -0.3 is 4.90 Å². The molecule has 0 saturated carbocycles. The molecule has 0 bridgehead atoms. The minimum Gasteiger partial charge on any atom is -0.303 e. The lowest BCUT2D eigenvalue weighted by molar-refractivity contribution is -0.705. The van der Waals surface area contributed by atoms with Gasteiger partial charge in [0.05, 0.1) is 0 Å². The average molecular weight is 337 g/mol. The molecule has 3 rings (SSSR count). The Labute approximate surface area is 151 Å². The summed E-state index contributed by atoms with van der Waals surface area (Å²) >= 11 is 0. The first-order valence-corrected chi connectivity index (χ1v) is 9.48. The van der Waals surface area contributed by atoms with Crippen LogP contribution >= 0.6 is 0 Å². The van der Waals surface area contributed by atoms with Crippen LogP contribution in [0.2, 0.25) is 0 Å². The van der Waals surface area contributed by atoms with Crippen LogP contribution in [0.25, 0.3) is 0 Å². The number of nitrogens with zero attached hydrogens (tertiary/aromatic N) is 2. The number of para-hydroxylation sites is 1. The molecular formula is C22H29N2O+. The highest BCUT2D eigenvalue weighted by Gasteiger charge is 2.36. The lowest BCUT2D eigenvalue weighted by Gasteiger charge is -2.24. The van der Waals surface area contributed by atoms with E-state index in [9.17, 15) is 4.79 Å². The minimum absolute atomic E-state index is 0.165. The van der Waals surface area contributed by atoms with Gasteiger partial charge in [0.2, 0.25) is 6.04 Å². The molecular weight excluding hydrogens is 308 g/mol. The summed E-state index contributed by atoms with van der Waals surface area (Å²) in [6.07, 6.45) is 7.35. The van der Waals surface area contributed by atoms with E-state index in [2.05, 4.69) is 57.4 Å². The van der Waals surface area contributed by atoms with Gasteiger partial charge >= 0.3 is 0 Å². The van der Waals surface area contributed by atoms with Crippen molar-refractivity contribution < 1.29 is 9.36 Å². The van der Waals surface area contributed by atoms with Crippen molar-refractivity contribution in [3.05, 3.63) is 59.9 Å². The van der Waals surface area contributed by atoms with Gasteiger partial charge in [-0.15, -0.1) is 0 Å². The van der Waals surface area contributed by atoms with Gasteiger partial charge in [-0.2, -0.15) is 4.57 Å². The van der Waals surface area contributed by atoms with E-state index in [1.54, 1.807) is 0 Å². The predicted molar refractivity (Wildman–Crippen MR) is 102 cm³/mol. The first kappa shape index (κ1) is 17.7. The SMILES string of the molecule is CCC(CC)c1cc[n+]([C@H](C)C(=O)N2c3ccccc3C[C@@H]2C)cc1. The molecule has 0 N–H and O–H groups in total. The molecule has 1 aliphatic rings. The van der Waals surface area contributed by atoms with Crippen LogP contribution in [-0.4, -0.2) is 11.9 Å². The normalized spacial score (nSPS) is 17.6. The van der Waals surface area contributed by atoms with Crippen molar-refractivity contribution >= 4 is 11.6 Å². The Kier molecular flexibility index (Phi) is 5.22. The quantitative estimate of drug-likeness (QED) is 0.741. The number of fused-ring (bicyclic) bond motifs is 1. The van der Waals surface area contributed by atoms with Gasteiger partial charge in [0.25, 0.3) is 5.91 Å². The van der Waals surface area contributed by atoms with Crippen LogP contribution in [-0.2, 0) is 11.2 Å². The smallest absolute Gasteiger partial charge is 0.296 e. The van der Waals surface area contributed by atoms with Crippen LogP contribution in [0.4, 0.5) is 5.69 Å². The molecule has 0 spiro atoms. The Balaban J connectivity index is 1.81. The van der Waals surface area contributed by atoms with Crippen molar-refractivity contribution in [2.75, 3.05) is 4.90 Å². The molecule has 0 radical (unpaired) electrons. The molecule has 1 aromatic carbocycles. The summed E-state index contributed by atoms with van der Waals surface area (Å²) in [7, 11) is 0. The fraction of sp³-hybridized carbons (Fsp3) is 0.455. The second kappa shape index (κ2) is 7.38. The average Bonchev–Trinajstić information content (AvgIpc) is 2.98. The number of aromatic nitrogens is 1. The molecule has 3 nitrogen and oxygen atoms in total. The highest BCUT2D eigenvalue weighted by atomic mass is 16.2. The van der Waals surface area contributed by atoms with E-state index in [-0.39, 0.29) is 18.0 Å². The van der Waals surface area contributed by atoms with E-state index in [0.29, 0.717) is 5.92 Å². The van der Waals surface area contributed by atoms with Gasteiger partial charge in [-0.25, -0.2) is 0 Å². The van der Waals surface area contributed by atoms with Crippen LogP contribution in [0.15, 0.2) is 48.8 Å². The summed E-state index contributed by atoms with van der Waals surface area (Å²) < 4.78 is 2.03. The number of carbonyl (C=O) groups is 1. The standard InChI is InChI=1S/C22H29N2O/c1-5-18(6-2)19-11-13-23(14-12-19)17(4)22(25)24-16(3)15-20-9-7-8-10-21(20)24/h7-14,16-18H,5-6,15H2,1-4H3/q+1/t16-,17+/m0/s1. The van der Waals surface area contributed by atoms with Gasteiger partial charge in [-0.05, 0) is 49.3 Å². The van der Waals surface area contributed by atoms with E-state index in [4.69, 9.17) is 0 Å². The zero-order chi connectivity index (χ0) is 18.0. The Hall–Kier alpha value is -2.16. The lowest BCUT2D eigenvalue weighted by atomic mass is 9.95. The Morgan fingerprint density at radius 3 is 2.44 bits per heavy atom. The molecule has 2 heterocycles. The summed E-state index contributed by atoms with van der Waals surface area (Å²) in [4.78, 5) is 15.1. The van der Waals surface area contributed by atoms with E-state index in [1.807, 2.05) is 28.5 Å². The van der Waals surface area contributed by atoms with Crippen molar-refractivity contribution in [2.45, 2.75) is 65.0 Å². The molecule has 25 heavy (non-hydrogen) atoms. The van der Waals surface area contributed by atoms with E-state index >= 15 is 0 Å². The second-order valence-electron chi connectivity index (χ2n) is 7.16. The molecule has 2 aromatic rings. The van der Waals surface area contributed by atoms with Crippen LogP contribution in [0.5, 0.6) is 0 Å². The number of anilines is 1. The van der Waals surface area contributed by atoms with Crippen LogP contribution in [0.3, 0.4) is 0 Å². The highest BCUT2D eigenvalue weighted by molar-refractivity contribution is 5.97. The molecule has 1 aliphatic heterocycles. The topological polar surface area (TPSA) is 24.2 Å². The monoisotopic (exact) mass is 337 g/mol. The van der Waals surface area contributed by atoms with Gasteiger partial charge in [-0.3, -0.25) is 4.79 Å². The van der Waals surface area contributed by atoms with Gasteiger partial charge in [0.1, 0.15) is 0 Å². The Morgan fingerprint density at radius 1 is 1.16 bits per heavy atom. The molecule has 1 aromatic heterocycles. The highest BCUT2D eigenvalue weighted by Crippen LogP contribution is 2.33. The zero-order valence-corrected chi connectivity index (χ0v) is 15.8. The van der Waals surface area contributed by atoms with Crippen molar-refractivity contribution in [2.24, 2.45) is 0 Å². The lowest BCUT2D eigenvalue weighted by Crippen LogP contribution is -2.49. The number of carbonyl (C=O) groups excluding carboxylic acids is 1. The van der Waals surface area contributed by atoms with Crippen molar-refractivity contribution in [1.29, 1.82) is 0 Å². The molecule has 0 saturated heterocycles. The van der Waals surface area contributed by atoms with E-state index < -0.39 is 0 Å². The molecule has 2 atom stereocenters. The van der Waals surface area contributed by atoms with Crippen LogP contribution in [0.1, 0.15) is 63.6 Å². The number of benzene rings is 1. The molecule has 0 unspecified atom stereocenters. The van der Waals surface area contributed by atoms with E-state index in [1.165, 1.54) is 11.1 Å². The molecule has 132 valence electrons. The maximum absolute atomic E-state index is 13.2. The van der Waals surface area contributed by atoms with Gasteiger partial charge in [0.15, 0.2) is 12.4 Å². The van der Waals surface area contributed by atoms with Gasteiger partial charge in [0, 0.05) is 30.8 Å². The first-order valence-electron chi connectivity index (χ1n) is 9.48. The predicted octanol–water partition coefficient (Wildman–Crippen LogP) is 4.42. The maximum atomic E-state index is 13.2. The summed E-state index contributed by atoms with van der Waals surface area (Å²) in [6.45, 7) is 8.58. The first-order chi connectivity index (χ1) is 12.1. The molecule has 0 fully saturated rings. The van der Waals surface area contributed by atoms with E-state index in [0.717, 1.165) is 24.9 Å². The largest absolute Gasteiger partial charge is 0.303 e. The fourth-order valence-electron chi connectivity index (χ4n) is 3.97. The molecule has 3 heteroatoms. The second-order valence-corrected chi connectivity index (χ2v) is 7.16. The summed E-state index contributed by atoms with van der Waals surface area (Å²) in [6, 6.07) is 12.6. The molecule has 0 aliphatic carbocycles. The fourth-order valence-corrected chi connectivity index (χ4v) is 3.97. The third-order valence-corrected chi connectivity index (χ3v) is 5.58. The summed E-state index contributed by atoms with van der Waals surface area (Å²) in [5.74, 6) is 0.767. The van der Waals surface area contributed by atoms with Crippen molar-refractivity contribution in [3.63, 3.8) is 0 Å². The molecule has 1 amide bonds. The van der Waals surface area contributed by atoms with Crippen LogP contribution in [0, 0.1) is 0 Å². The maximum Gasteiger partial charge on any atom is 0.296 e. The minimum atomic E-state index is -0.204. The number of rotatable bonds is 5. The number of pyridine rings is 1. The summed E-state index contributed by atoms with van der Waals surface area (Å²) in [5, 5.41) is 0. The van der Waals surface area contributed by atoms with Crippen molar-refractivity contribution in [1.82, 2.24) is 0 Å². The van der Waals surface area contributed by atoms with Gasteiger partial charge in [-0.1, -0.05) is 32.0 Å². The zero-order valence-electron chi connectivity index (χ0n) is 15.8. The number of hydrogen-bond acceptors (Lipinski definition) is 1. The number of amides is 1. The Morgan fingerprint density at radius 2 is 1.80 bits per heavy atom. The summed E-state index contributed by atoms with van der Waals surface area (Å²) in [5.41, 5.74) is 3.70. The third kappa shape index (κ3) is 3.33. The number of hydrogen-bond donors (Lipinski definition) is 0. The third-order valence-electron chi connectivity index (χ3n) is 5.58.